The number of benzene rings is 2. The Hall–Kier alpha value is -3.22. The summed E-state index contributed by atoms with van der Waals surface area (Å²) in [7, 11) is 0. The van der Waals surface area contributed by atoms with Crippen LogP contribution in [0.15, 0.2) is 73.1 Å². The zero-order valence-corrected chi connectivity index (χ0v) is 16.4. The predicted molar refractivity (Wildman–Crippen MR) is 113 cm³/mol. The highest BCUT2D eigenvalue weighted by Crippen LogP contribution is 2.16. The molecule has 7 heteroatoms. The van der Waals surface area contributed by atoms with Crippen molar-refractivity contribution in [2.24, 2.45) is 5.73 Å². The van der Waals surface area contributed by atoms with Crippen LogP contribution >= 0.6 is 11.6 Å². The molecule has 1 unspecified atom stereocenters. The number of rotatable bonds is 7. The maximum atomic E-state index is 12.3. The smallest absolute Gasteiger partial charge is 0.255 e. The first-order valence-electron chi connectivity index (χ1n) is 9.09. The Balaban J connectivity index is 1.52. The Morgan fingerprint density at radius 2 is 1.76 bits per heavy atom. The van der Waals surface area contributed by atoms with Crippen LogP contribution in [0, 0.1) is 0 Å². The number of hydrogen-bond acceptors (Lipinski definition) is 4. The van der Waals surface area contributed by atoms with Crippen molar-refractivity contribution in [2.45, 2.75) is 19.0 Å². The minimum Gasteiger partial charge on any atom is -0.352 e. The van der Waals surface area contributed by atoms with E-state index in [0.29, 0.717) is 22.8 Å². The monoisotopic (exact) mass is 408 g/mol. The zero-order valence-electron chi connectivity index (χ0n) is 15.6. The number of anilines is 1. The van der Waals surface area contributed by atoms with Gasteiger partial charge in [0.15, 0.2) is 0 Å². The summed E-state index contributed by atoms with van der Waals surface area (Å²) < 4.78 is 0. The van der Waals surface area contributed by atoms with Gasteiger partial charge in [-0.2, -0.15) is 0 Å². The van der Waals surface area contributed by atoms with Crippen LogP contribution < -0.4 is 16.4 Å². The molecule has 0 spiro atoms. The number of amides is 2. The molecule has 29 heavy (non-hydrogen) atoms. The number of aromatic nitrogens is 1. The highest BCUT2D eigenvalue weighted by atomic mass is 35.5. The molecule has 0 aliphatic rings. The number of hydrogen-bond donors (Lipinski definition) is 3. The first-order chi connectivity index (χ1) is 14.0. The van der Waals surface area contributed by atoms with Crippen LogP contribution in [-0.2, 0) is 11.3 Å². The molecule has 3 aromatic rings. The van der Waals surface area contributed by atoms with Gasteiger partial charge in [0.1, 0.15) is 0 Å². The van der Waals surface area contributed by atoms with Crippen molar-refractivity contribution in [2.75, 3.05) is 5.32 Å². The van der Waals surface area contributed by atoms with Crippen molar-refractivity contribution >= 4 is 29.1 Å². The second kappa shape index (κ2) is 9.82. The van der Waals surface area contributed by atoms with Crippen LogP contribution in [0.25, 0.3) is 0 Å². The van der Waals surface area contributed by atoms with Crippen molar-refractivity contribution in [1.82, 2.24) is 10.3 Å². The van der Waals surface area contributed by atoms with E-state index < -0.39 is 6.04 Å². The van der Waals surface area contributed by atoms with E-state index in [1.165, 1.54) is 0 Å². The van der Waals surface area contributed by atoms with E-state index in [0.717, 1.165) is 11.1 Å². The lowest BCUT2D eigenvalue weighted by Crippen LogP contribution is -2.27. The first-order valence-corrected chi connectivity index (χ1v) is 9.47. The van der Waals surface area contributed by atoms with Gasteiger partial charge in [-0.05, 0) is 47.5 Å². The average molecular weight is 409 g/mol. The lowest BCUT2D eigenvalue weighted by atomic mass is 10.0. The van der Waals surface area contributed by atoms with E-state index in [2.05, 4.69) is 15.6 Å². The van der Waals surface area contributed by atoms with Crippen LogP contribution in [0.5, 0.6) is 0 Å². The van der Waals surface area contributed by atoms with Crippen molar-refractivity contribution in [3.05, 3.63) is 94.8 Å². The minimum atomic E-state index is -0.466. The van der Waals surface area contributed by atoms with Gasteiger partial charge in [-0.1, -0.05) is 35.9 Å². The predicted octanol–water partition coefficient (Wildman–Crippen LogP) is 3.69. The van der Waals surface area contributed by atoms with E-state index >= 15 is 0 Å². The Morgan fingerprint density at radius 3 is 2.45 bits per heavy atom. The second-order valence-electron chi connectivity index (χ2n) is 6.53. The van der Waals surface area contributed by atoms with Crippen molar-refractivity contribution < 1.29 is 9.59 Å². The lowest BCUT2D eigenvalue weighted by Gasteiger charge is -2.13. The average Bonchev–Trinajstić information content (AvgIpc) is 2.73. The summed E-state index contributed by atoms with van der Waals surface area (Å²) in [6, 6.07) is 17.2. The number of carbonyl (C=O) groups excluding carboxylic acids is 2. The third-order valence-electron chi connectivity index (χ3n) is 4.32. The SMILES string of the molecule is NC(CC(=O)NCc1cccc(Cl)c1)c1ccc(C(=O)Nc2ccncc2)cc1. The summed E-state index contributed by atoms with van der Waals surface area (Å²) >= 11 is 5.94. The molecule has 0 saturated heterocycles. The molecule has 6 nitrogen and oxygen atoms in total. The van der Waals surface area contributed by atoms with Gasteiger partial charge in [0.2, 0.25) is 5.91 Å². The summed E-state index contributed by atoms with van der Waals surface area (Å²) in [6.45, 7) is 0.389. The molecular formula is C22H21ClN4O2. The van der Waals surface area contributed by atoms with Crippen LogP contribution in [0.2, 0.25) is 5.02 Å². The molecule has 3 rings (SSSR count). The molecule has 1 heterocycles. The van der Waals surface area contributed by atoms with Gasteiger partial charge >= 0.3 is 0 Å². The van der Waals surface area contributed by atoms with E-state index in [1.54, 1.807) is 60.9 Å². The lowest BCUT2D eigenvalue weighted by molar-refractivity contribution is -0.121. The molecule has 0 aliphatic heterocycles. The quantitative estimate of drug-likeness (QED) is 0.555. The number of halogens is 1. The van der Waals surface area contributed by atoms with Crippen molar-refractivity contribution in [3.63, 3.8) is 0 Å². The normalized spacial score (nSPS) is 11.5. The molecule has 2 amide bonds. The third kappa shape index (κ3) is 6.14. The summed E-state index contributed by atoms with van der Waals surface area (Å²) in [5.41, 5.74) is 9.02. The minimum absolute atomic E-state index is 0.142. The first kappa shape index (κ1) is 20.5. The van der Waals surface area contributed by atoms with Gasteiger partial charge in [-0.25, -0.2) is 0 Å². The molecule has 2 aromatic carbocycles. The van der Waals surface area contributed by atoms with Gasteiger partial charge in [0, 0.05) is 47.7 Å². The van der Waals surface area contributed by atoms with Gasteiger partial charge in [0.05, 0.1) is 0 Å². The fourth-order valence-electron chi connectivity index (χ4n) is 2.76. The highest BCUT2D eigenvalue weighted by Gasteiger charge is 2.13. The molecule has 148 valence electrons. The zero-order chi connectivity index (χ0) is 20.6. The Bertz CT molecular complexity index is 978. The fourth-order valence-corrected chi connectivity index (χ4v) is 2.97. The Labute approximate surface area is 174 Å². The molecule has 0 bridgehead atoms. The molecule has 4 N–H and O–H groups in total. The van der Waals surface area contributed by atoms with E-state index in [9.17, 15) is 9.59 Å². The van der Waals surface area contributed by atoms with Crippen molar-refractivity contribution in [3.8, 4) is 0 Å². The molecular weight excluding hydrogens is 388 g/mol. The van der Waals surface area contributed by atoms with E-state index in [1.807, 2.05) is 12.1 Å². The maximum absolute atomic E-state index is 12.3. The second-order valence-corrected chi connectivity index (χ2v) is 6.97. The van der Waals surface area contributed by atoms with Gasteiger partial charge in [0.25, 0.3) is 5.91 Å². The number of nitrogens with one attached hydrogen (secondary N) is 2. The van der Waals surface area contributed by atoms with Gasteiger partial charge in [-0.15, -0.1) is 0 Å². The van der Waals surface area contributed by atoms with Crippen LogP contribution in [0.1, 0.15) is 33.9 Å². The third-order valence-corrected chi connectivity index (χ3v) is 4.56. The van der Waals surface area contributed by atoms with Crippen LogP contribution in [0.3, 0.4) is 0 Å². The molecule has 0 radical (unpaired) electrons. The molecule has 0 saturated carbocycles. The molecule has 0 fully saturated rings. The molecule has 1 atom stereocenters. The number of nitrogens with zero attached hydrogens (tertiary/aromatic N) is 1. The Morgan fingerprint density at radius 1 is 1.03 bits per heavy atom. The molecule has 1 aromatic heterocycles. The number of pyridine rings is 1. The number of nitrogens with two attached hydrogens (primary N) is 1. The van der Waals surface area contributed by atoms with E-state index in [4.69, 9.17) is 17.3 Å². The van der Waals surface area contributed by atoms with Crippen LogP contribution in [0.4, 0.5) is 5.69 Å². The summed E-state index contributed by atoms with van der Waals surface area (Å²) in [6.07, 6.45) is 3.35. The number of carbonyl (C=O) groups is 2. The fraction of sp³-hybridized carbons (Fsp3) is 0.136. The van der Waals surface area contributed by atoms with Crippen molar-refractivity contribution in [1.29, 1.82) is 0 Å². The van der Waals surface area contributed by atoms with Gasteiger partial charge < -0.3 is 16.4 Å². The summed E-state index contributed by atoms with van der Waals surface area (Å²) in [5, 5.41) is 6.25. The van der Waals surface area contributed by atoms with Crippen LogP contribution in [-0.4, -0.2) is 16.8 Å². The molecule has 0 aliphatic carbocycles. The summed E-state index contributed by atoms with van der Waals surface area (Å²) in [5.74, 6) is -0.382. The largest absolute Gasteiger partial charge is 0.352 e. The summed E-state index contributed by atoms with van der Waals surface area (Å²) in [4.78, 5) is 28.4. The Kier molecular flexibility index (Phi) is 6.94. The van der Waals surface area contributed by atoms with E-state index in [-0.39, 0.29) is 18.2 Å². The standard InChI is InChI=1S/C22H21ClN4O2/c23-18-3-1-2-15(12-18)14-26-21(28)13-20(24)16-4-6-17(7-5-16)22(29)27-19-8-10-25-11-9-19/h1-12,20H,13-14,24H2,(H,26,28)(H,25,27,29). The maximum Gasteiger partial charge on any atom is 0.255 e. The van der Waals surface area contributed by atoms with Gasteiger partial charge in [-0.3, -0.25) is 14.6 Å². The highest BCUT2D eigenvalue weighted by molar-refractivity contribution is 6.30. The topological polar surface area (TPSA) is 97.1 Å².